The second-order valence-electron chi connectivity index (χ2n) is 3.37. The molecule has 1 heterocycles. The van der Waals surface area contributed by atoms with Gasteiger partial charge in [0.05, 0.1) is 13.0 Å². The maximum Gasteiger partial charge on any atom is 0.395 e. The van der Waals surface area contributed by atoms with E-state index in [-0.39, 0.29) is 5.01 Å². The van der Waals surface area contributed by atoms with Gasteiger partial charge in [-0.2, -0.15) is 13.2 Å². The number of hydrogen-bond donors (Lipinski definition) is 1. The van der Waals surface area contributed by atoms with Gasteiger partial charge in [0.25, 0.3) is 0 Å². The Morgan fingerprint density at radius 3 is 2.59 bits per heavy atom. The number of methoxy groups -OCH3 is 1. The molecule has 0 fully saturated rings. The summed E-state index contributed by atoms with van der Waals surface area (Å²) in [4.78, 5) is 0. The van der Waals surface area contributed by atoms with Crippen LogP contribution in [-0.2, 0) is 17.6 Å². The van der Waals surface area contributed by atoms with Crippen LogP contribution in [0, 0.1) is 0 Å². The van der Waals surface area contributed by atoms with Gasteiger partial charge in [0, 0.05) is 26.6 Å². The molecule has 0 amide bonds. The van der Waals surface area contributed by atoms with Crippen molar-refractivity contribution in [2.75, 3.05) is 26.8 Å². The van der Waals surface area contributed by atoms with Crippen molar-refractivity contribution in [2.24, 2.45) is 0 Å². The summed E-state index contributed by atoms with van der Waals surface area (Å²) in [7, 11) is 1.61. The number of hydrogen-bond acceptors (Lipinski definition) is 5. The molecule has 0 atom stereocenters. The Morgan fingerprint density at radius 1 is 1.24 bits per heavy atom. The largest absolute Gasteiger partial charge is 0.395 e. The van der Waals surface area contributed by atoms with E-state index in [1.54, 1.807) is 7.11 Å². The minimum Gasteiger partial charge on any atom is -0.383 e. The van der Waals surface area contributed by atoms with E-state index in [1.165, 1.54) is 0 Å². The molecular formula is C9H14F3N3OS. The summed E-state index contributed by atoms with van der Waals surface area (Å²) in [6.07, 6.45) is -4.63. The van der Waals surface area contributed by atoms with Crippen LogP contribution in [0.15, 0.2) is 0 Å². The van der Waals surface area contributed by atoms with Gasteiger partial charge in [0.1, 0.15) is 10.0 Å². The Kier molecular flexibility index (Phi) is 5.79. The Bertz CT molecular complexity index is 330. The molecule has 0 bridgehead atoms. The van der Waals surface area contributed by atoms with Gasteiger partial charge in [0.15, 0.2) is 0 Å². The molecule has 0 saturated carbocycles. The van der Waals surface area contributed by atoms with E-state index >= 15 is 0 Å². The fourth-order valence-electron chi connectivity index (χ4n) is 1.13. The van der Waals surface area contributed by atoms with Crippen LogP contribution >= 0.6 is 11.3 Å². The van der Waals surface area contributed by atoms with E-state index in [2.05, 4.69) is 15.5 Å². The minimum absolute atomic E-state index is 0.0180. The van der Waals surface area contributed by atoms with E-state index in [1.807, 2.05) is 0 Å². The number of alkyl halides is 3. The molecular weight excluding hydrogens is 255 g/mol. The molecule has 1 N–H and O–H groups in total. The monoisotopic (exact) mass is 269 g/mol. The van der Waals surface area contributed by atoms with Crippen LogP contribution in [0.2, 0.25) is 0 Å². The summed E-state index contributed by atoms with van der Waals surface area (Å²) in [5.74, 6) is 0. The van der Waals surface area contributed by atoms with Crippen molar-refractivity contribution in [2.45, 2.75) is 19.0 Å². The number of nitrogens with zero attached hydrogens (tertiary/aromatic N) is 2. The van der Waals surface area contributed by atoms with Gasteiger partial charge >= 0.3 is 6.18 Å². The van der Waals surface area contributed by atoms with Gasteiger partial charge in [-0.3, -0.25) is 0 Å². The normalized spacial score (nSPS) is 12.0. The fourth-order valence-corrected chi connectivity index (χ4v) is 2.00. The number of rotatable bonds is 7. The maximum absolute atomic E-state index is 12.1. The van der Waals surface area contributed by atoms with Crippen molar-refractivity contribution in [3.63, 3.8) is 0 Å². The molecule has 0 aliphatic rings. The molecule has 0 radical (unpaired) electrons. The van der Waals surface area contributed by atoms with Crippen molar-refractivity contribution >= 4 is 11.3 Å². The Hall–Kier alpha value is -0.730. The third-order valence-corrected chi connectivity index (χ3v) is 2.84. The summed E-state index contributed by atoms with van der Waals surface area (Å²) < 4.78 is 41.0. The van der Waals surface area contributed by atoms with E-state index in [9.17, 15) is 13.2 Å². The molecule has 1 rings (SSSR count). The lowest BCUT2D eigenvalue weighted by molar-refractivity contribution is -0.127. The molecule has 0 unspecified atom stereocenters. The Labute approximate surface area is 101 Å². The molecule has 0 aliphatic heterocycles. The molecule has 0 spiro atoms. The third-order valence-electron chi connectivity index (χ3n) is 1.86. The lowest BCUT2D eigenvalue weighted by atomic mass is 10.4. The number of halogens is 3. The summed E-state index contributed by atoms with van der Waals surface area (Å²) in [6.45, 7) is 1.98. The SMILES string of the molecule is COCCNCCc1nnc(CC(F)(F)F)s1. The number of ether oxygens (including phenoxy) is 1. The first kappa shape index (κ1) is 14.3. The molecule has 0 saturated heterocycles. The number of nitrogens with one attached hydrogen (secondary N) is 1. The molecule has 1 aromatic heterocycles. The highest BCUT2D eigenvalue weighted by atomic mass is 32.1. The topological polar surface area (TPSA) is 47.0 Å². The van der Waals surface area contributed by atoms with Crippen LogP contribution in [0.3, 0.4) is 0 Å². The highest BCUT2D eigenvalue weighted by Crippen LogP contribution is 2.23. The maximum atomic E-state index is 12.1. The lowest BCUT2D eigenvalue weighted by Gasteiger charge is -2.01. The van der Waals surface area contributed by atoms with E-state index < -0.39 is 12.6 Å². The van der Waals surface area contributed by atoms with Crippen LogP contribution in [0.4, 0.5) is 13.2 Å². The van der Waals surface area contributed by atoms with Crippen molar-refractivity contribution in [1.29, 1.82) is 0 Å². The van der Waals surface area contributed by atoms with Gasteiger partial charge < -0.3 is 10.1 Å². The molecule has 0 aliphatic carbocycles. The molecule has 98 valence electrons. The highest BCUT2D eigenvalue weighted by molar-refractivity contribution is 7.11. The van der Waals surface area contributed by atoms with E-state index in [0.717, 1.165) is 11.3 Å². The third kappa shape index (κ3) is 6.54. The molecule has 4 nitrogen and oxygen atoms in total. The zero-order chi connectivity index (χ0) is 12.7. The van der Waals surface area contributed by atoms with Crippen molar-refractivity contribution in [3.05, 3.63) is 10.0 Å². The minimum atomic E-state index is -4.21. The molecule has 17 heavy (non-hydrogen) atoms. The first-order valence-electron chi connectivity index (χ1n) is 5.09. The predicted molar refractivity (Wildman–Crippen MR) is 58.1 cm³/mol. The second kappa shape index (κ2) is 6.87. The van der Waals surface area contributed by atoms with Gasteiger partial charge in [-0.15, -0.1) is 21.5 Å². The zero-order valence-corrected chi connectivity index (χ0v) is 10.2. The standard InChI is InChI=1S/C9H14F3N3OS/c1-16-5-4-13-3-2-7-14-15-8(17-7)6-9(10,11)12/h13H,2-6H2,1H3. The summed E-state index contributed by atoms with van der Waals surface area (Å²) >= 11 is 1.01. The average molecular weight is 269 g/mol. The lowest BCUT2D eigenvalue weighted by Crippen LogP contribution is -2.21. The first-order valence-corrected chi connectivity index (χ1v) is 5.90. The van der Waals surface area contributed by atoms with Crippen LogP contribution < -0.4 is 5.32 Å². The summed E-state index contributed by atoms with van der Waals surface area (Å²) in [5.41, 5.74) is 0. The van der Waals surface area contributed by atoms with Gasteiger partial charge in [0.2, 0.25) is 0 Å². The van der Waals surface area contributed by atoms with E-state index in [0.29, 0.717) is 31.1 Å². The van der Waals surface area contributed by atoms with Crippen LogP contribution in [0.1, 0.15) is 10.0 Å². The average Bonchev–Trinajstić information content (AvgIpc) is 2.63. The quantitative estimate of drug-likeness (QED) is 0.761. The molecule has 0 aromatic carbocycles. The zero-order valence-electron chi connectivity index (χ0n) is 9.38. The Balaban J connectivity index is 2.26. The van der Waals surface area contributed by atoms with Gasteiger partial charge in [-0.05, 0) is 0 Å². The van der Waals surface area contributed by atoms with Crippen molar-refractivity contribution in [3.8, 4) is 0 Å². The van der Waals surface area contributed by atoms with Crippen LogP contribution in [0.5, 0.6) is 0 Å². The highest BCUT2D eigenvalue weighted by Gasteiger charge is 2.29. The second-order valence-corrected chi connectivity index (χ2v) is 4.52. The first-order chi connectivity index (χ1) is 8.01. The van der Waals surface area contributed by atoms with Crippen LogP contribution in [0.25, 0.3) is 0 Å². The van der Waals surface area contributed by atoms with Gasteiger partial charge in [-0.25, -0.2) is 0 Å². The Morgan fingerprint density at radius 2 is 1.94 bits per heavy atom. The summed E-state index contributed by atoms with van der Waals surface area (Å²) in [5, 5.41) is 10.9. The fraction of sp³-hybridized carbons (Fsp3) is 0.778. The molecule has 8 heteroatoms. The van der Waals surface area contributed by atoms with Crippen LogP contribution in [-0.4, -0.2) is 43.2 Å². The summed E-state index contributed by atoms with van der Waals surface area (Å²) in [6, 6.07) is 0. The number of aromatic nitrogens is 2. The van der Waals surface area contributed by atoms with E-state index in [4.69, 9.17) is 4.74 Å². The van der Waals surface area contributed by atoms with Gasteiger partial charge in [-0.1, -0.05) is 0 Å². The van der Waals surface area contributed by atoms with Crippen molar-refractivity contribution < 1.29 is 17.9 Å². The van der Waals surface area contributed by atoms with Crippen molar-refractivity contribution in [1.82, 2.24) is 15.5 Å². The predicted octanol–water partition coefficient (Wildman–Crippen LogP) is 1.42. The smallest absolute Gasteiger partial charge is 0.383 e. The molecule has 1 aromatic rings.